The normalized spacial score (nSPS) is 18.9. The first-order chi connectivity index (χ1) is 9.22. The molecular weight excluding hydrogens is 284 g/mol. The van der Waals surface area contributed by atoms with E-state index in [2.05, 4.69) is 5.32 Å². The fraction of sp³-hybridized carbons (Fsp3) is 0.500. The van der Waals surface area contributed by atoms with Crippen LogP contribution in [0.15, 0.2) is 16.8 Å². The lowest BCUT2D eigenvalue weighted by Gasteiger charge is -2.22. The molecule has 2 rings (SSSR count). The summed E-state index contributed by atoms with van der Waals surface area (Å²) < 4.78 is 4.87. The van der Waals surface area contributed by atoms with Crippen LogP contribution in [0.2, 0.25) is 0 Å². The molecule has 1 fully saturated rings. The maximum atomic E-state index is 11.8. The molecule has 1 aromatic rings. The third-order valence-corrected chi connectivity index (χ3v) is 4.70. The molecule has 0 saturated carbocycles. The summed E-state index contributed by atoms with van der Waals surface area (Å²) in [6, 6.07) is 2.00. The lowest BCUT2D eigenvalue weighted by atomic mass is 10.3. The highest BCUT2D eigenvalue weighted by Gasteiger charge is 2.34. The molecule has 1 atom stereocenters. The molecule has 1 aliphatic heterocycles. The van der Waals surface area contributed by atoms with Crippen molar-refractivity contribution in [1.29, 1.82) is 0 Å². The molecule has 0 aliphatic carbocycles. The van der Waals surface area contributed by atoms with Gasteiger partial charge < -0.3 is 15.0 Å². The van der Waals surface area contributed by atoms with Gasteiger partial charge in [-0.1, -0.05) is 0 Å². The monoisotopic (exact) mass is 300 g/mol. The quantitative estimate of drug-likeness (QED) is 0.799. The van der Waals surface area contributed by atoms with Crippen LogP contribution in [0.4, 0.5) is 0 Å². The van der Waals surface area contributed by atoms with Crippen LogP contribution in [0, 0.1) is 0 Å². The zero-order valence-electron chi connectivity index (χ0n) is 10.6. The van der Waals surface area contributed by atoms with Crippen molar-refractivity contribution in [1.82, 2.24) is 10.2 Å². The van der Waals surface area contributed by atoms with Crippen LogP contribution in [0.5, 0.6) is 0 Å². The van der Waals surface area contributed by atoms with Gasteiger partial charge in [-0.15, -0.1) is 11.8 Å². The first-order valence-corrected chi connectivity index (χ1v) is 7.90. The predicted molar refractivity (Wildman–Crippen MR) is 76.1 cm³/mol. The second-order valence-corrected chi connectivity index (χ2v) is 5.93. The maximum absolute atomic E-state index is 11.8. The largest absolute Gasteiger partial charge is 0.383 e. The molecule has 2 heterocycles. The maximum Gasteiger partial charge on any atom is 0.239 e. The molecule has 0 spiro atoms. The van der Waals surface area contributed by atoms with E-state index in [0.29, 0.717) is 18.9 Å². The molecule has 19 heavy (non-hydrogen) atoms. The van der Waals surface area contributed by atoms with Crippen LogP contribution in [0.25, 0.3) is 0 Å². The Kier molecular flexibility index (Phi) is 5.24. The molecule has 1 aromatic heterocycles. The van der Waals surface area contributed by atoms with E-state index in [4.69, 9.17) is 4.74 Å². The van der Waals surface area contributed by atoms with Crippen LogP contribution in [0.3, 0.4) is 0 Å². The molecule has 0 unspecified atom stereocenters. The standard InChI is InChI=1S/C12H16N2O3S2/c1-17-4-3-13-10(15)6-14-11(16)8-19-12(14)9-2-5-18-7-9/h2,5,7,12H,3-4,6,8H2,1H3,(H,13,15)/t12-/m0/s1. The summed E-state index contributed by atoms with van der Waals surface area (Å²) in [6.07, 6.45) is 0. The number of nitrogens with zero attached hydrogens (tertiary/aromatic N) is 1. The van der Waals surface area contributed by atoms with E-state index < -0.39 is 0 Å². The fourth-order valence-electron chi connectivity index (χ4n) is 1.82. The number of thioether (sulfide) groups is 1. The highest BCUT2D eigenvalue weighted by Crippen LogP contribution is 2.38. The molecule has 2 amide bonds. The first-order valence-electron chi connectivity index (χ1n) is 5.91. The number of ether oxygens (including phenoxy) is 1. The zero-order valence-corrected chi connectivity index (χ0v) is 12.3. The van der Waals surface area contributed by atoms with Gasteiger partial charge in [0.2, 0.25) is 11.8 Å². The summed E-state index contributed by atoms with van der Waals surface area (Å²) in [7, 11) is 1.58. The summed E-state index contributed by atoms with van der Waals surface area (Å²) in [5, 5.41) is 6.70. The van der Waals surface area contributed by atoms with Gasteiger partial charge in [0, 0.05) is 13.7 Å². The smallest absolute Gasteiger partial charge is 0.239 e. The van der Waals surface area contributed by atoms with E-state index in [0.717, 1.165) is 5.56 Å². The second kappa shape index (κ2) is 6.93. The molecule has 104 valence electrons. The first kappa shape index (κ1) is 14.4. The van der Waals surface area contributed by atoms with Crippen molar-refractivity contribution in [3.05, 3.63) is 22.4 Å². The van der Waals surface area contributed by atoms with E-state index in [-0.39, 0.29) is 23.7 Å². The Balaban J connectivity index is 1.93. The lowest BCUT2D eigenvalue weighted by molar-refractivity contribution is -0.133. The summed E-state index contributed by atoms with van der Waals surface area (Å²) >= 11 is 3.16. The van der Waals surface area contributed by atoms with Crippen LogP contribution >= 0.6 is 23.1 Å². The Hall–Kier alpha value is -1.05. The second-order valence-electron chi connectivity index (χ2n) is 4.08. The fourth-order valence-corrected chi connectivity index (χ4v) is 3.76. The Labute approximate surface area is 120 Å². The van der Waals surface area contributed by atoms with Gasteiger partial charge in [-0.25, -0.2) is 0 Å². The zero-order chi connectivity index (χ0) is 13.7. The number of methoxy groups -OCH3 is 1. The van der Waals surface area contributed by atoms with Crippen molar-refractivity contribution < 1.29 is 14.3 Å². The number of hydrogen-bond donors (Lipinski definition) is 1. The van der Waals surface area contributed by atoms with Gasteiger partial charge in [-0.2, -0.15) is 11.3 Å². The van der Waals surface area contributed by atoms with Crippen molar-refractivity contribution in [3.8, 4) is 0 Å². The van der Waals surface area contributed by atoms with Crippen LogP contribution in [0.1, 0.15) is 10.9 Å². The van der Waals surface area contributed by atoms with E-state index in [1.54, 1.807) is 35.1 Å². The van der Waals surface area contributed by atoms with Crippen molar-refractivity contribution >= 4 is 34.9 Å². The minimum absolute atomic E-state index is 0.0168. The SMILES string of the molecule is COCCNC(=O)CN1C(=O)CS[C@H]1c1ccsc1. The third-order valence-electron chi connectivity index (χ3n) is 2.74. The minimum Gasteiger partial charge on any atom is -0.383 e. The summed E-state index contributed by atoms with van der Waals surface area (Å²) in [6.45, 7) is 1.05. The van der Waals surface area contributed by atoms with Crippen molar-refractivity contribution in [2.75, 3.05) is 32.6 Å². The van der Waals surface area contributed by atoms with E-state index in [9.17, 15) is 9.59 Å². The third kappa shape index (κ3) is 3.71. The summed E-state index contributed by atoms with van der Waals surface area (Å²) in [5.74, 6) is 0.308. The van der Waals surface area contributed by atoms with Crippen molar-refractivity contribution in [3.63, 3.8) is 0 Å². The van der Waals surface area contributed by atoms with Gasteiger partial charge in [0.25, 0.3) is 0 Å². The molecule has 7 heteroatoms. The van der Waals surface area contributed by atoms with Gasteiger partial charge in [0.1, 0.15) is 11.9 Å². The predicted octanol–water partition coefficient (Wildman–Crippen LogP) is 1.08. The van der Waals surface area contributed by atoms with Gasteiger partial charge in [-0.05, 0) is 22.4 Å². The van der Waals surface area contributed by atoms with E-state index in [1.165, 1.54) is 0 Å². The van der Waals surface area contributed by atoms with E-state index in [1.807, 2.05) is 16.8 Å². The van der Waals surface area contributed by atoms with Crippen molar-refractivity contribution in [2.45, 2.75) is 5.37 Å². The van der Waals surface area contributed by atoms with Gasteiger partial charge in [-0.3, -0.25) is 9.59 Å². The molecule has 0 bridgehead atoms. The van der Waals surface area contributed by atoms with Crippen LogP contribution in [-0.4, -0.2) is 49.3 Å². The Morgan fingerprint density at radius 1 is 1.63 bits per heavy atom. The molecule has 0 radical (unpaired) electrons. The molecule has 5 nitrogen and oxygen atoms in total. The number of thiophene rings is 1. The molecule has 1 aliphatic rings. The van der Waals surface area contributed by atoms with E-state index >= 15 is 0 Å². The minimum atomic E-state index is -0.145. The lowest BCUT2D eigenvalue weighted by Crippen LogP contribution is -2.40. The van der Waals surface area contributed by atoms with Gasteiger partial charge >= 0.3 is 0 Å². The molecule has 0 aromatic carbocycles. The van der Waals surface area contributed by atoms with Gasteiger partial charge in [0.15, 0.2) is 0 Å². The highest BCUT2D eigenvalue weighted by atomic mass is 32.2. The number of hydrogen-bond acceptors (Lipinski definition) is 5. The molecular formula is C12H16N2O3S2. The molecule has 1 N–H and O–H groups in total. The number of carbonyl (C=O) groups excluding carboxylic acids is 2. The number of amides is 2. The summed E-state index contributed by atoms with van der Waals surface area (Å²) in [5.41, 5.74) is 1.09. The Morgan fingerprint density at radius 2 is 2.47 bits per heavy atom. The number of rotatable bonds is 6. The van der Waals surface area contributed by atoms with Crippen LogP contribution in [-0.2, 0) is 14.3 Å². The number of nitrogens with one attached hydrogen (secondary N) is 1. The van der Waals surface area contributed by atoms with Crippen molar-refractivity contribution in [2.24, 2.45) is 0 Å². The average molecular weight is 300 g/mol. The summed E-state index contributed by atoms with van der Waals surface area (Å²) in [4.78, 5) is 25.3. The molecule has 1 saturated heterocycles. The Bertz CT molecular complexity index is 436. The highest BCUT2D eigenvalue weighted by molar-refractivity contribution is 8.00. The Morgan fingerprint density at radius 3 is 3.16 bits per heavy atom. The number of carbonyl (C=O) groups is 2. The topological polar surface area (TPSA) is 58.6 Å². The van der Waals surface area contributed by atoms with Gasteiger partial charge in [0.05, 0.1) is 12.4 Å². The average Bonchev–Trinajstić information content (AvgIpc) is 3.01. The van der Waals surface area contributed by atoms with Crippen LogP contribution < -0.4 is 5.32 Å².